The van der Waals surface area contributed by atoms with Crippen molar-refractivity contribution in [2.24, 2.45) is 0 Å². The van der Waals surface area contributed by atoms with Gasteiger partial charge in [-0.2, -0.15) is 0 Å². The van der Waals surface area contributed by atoms with Gasteiger partial charge in [0.05, 0.1) is 12.5 Å². The average molecular weight is 410 g/mol. The second kappa shape index (κ2) is 8.55. The van der Waals surface area contributed by atoms with Crippen molar-refractivity contribution in [1.29, 1.82) is 0 Å². The van der Waals surface area contributed by atoms with E-state index in [0.29, 0.717) is 12.1 Å². The summed E-state index contributed by atoms with van der Waals surface area (Å²) in [4.78, 5) is 26.8. The van der Waals surface area contributed by atoms with Crippen LogP contribution in [0.15, 0.2) is 48.5 Å². The summed E-state index contributed by atoms with van der Waals surface area (Å²) in [7, 11) is 0. The zero-order chi connectivity index (χ0) is 21.3. The topological polar surface area (TPSA) is 99.1 Å². The van der Waals surface area contributed by atoms with Crippen molar-refractivity contribution in [3.63, 3.8) is 0 Å². The van der Waals surface area contributed by atoms with Crippen molar-refractivity contribution >= 4 is 17.5 Å². The number of fused-ring (bicyclic) bond motifs is 1. The number of aliphatic hydroxyl groups excluding tert-OH is 2. The number of carbonyl (C=O) groups excluding carboxylic acids is 2. The first-order valence-corrected chi connectivity index (χ1v) is 10.2. The maximum absolute atomic E-state index is 12.8. The SMILES string of the molecule is Cc1ccc(C(=O)NC[C@@H]2O[C@@H](CC(=O)N3CCc4ccccc43)[C@H](O)[C@@H]2O)cc1. The van der Waals surface area contributed by atoms with E-state index in [2.05, 4.69) is 5.32 Å². The molecule has 4 atom stereocenters. The summed E-state index contributed by atoms with van der Waals surface area (Å²) < 4.78 is 5.75. The van der Waals surface area contributed by atoms with E-state index in [1.165, 1.54) is 0 Å². The minimum Gasteiger partial charge on any atom is -0.388 e. The molecule has 0 saturated carbocycles. The maximum atomic E-state index is 12.8. The number of aryl methyl sites for hydroxylation is 1. The van der Waals surface area contributed by atoms with Gasteiger partial charge >= 0.3 is 0 Å². The number of amides is 2. The molecule has 2 amide bonds. The molecule has 1 saturated heterocycles. The van der Waals surface area contributed by atoms with E-state index in [9.17, 15) is 19.8 Å². The van der Waals surface area contributed by atoms with Gasteiger partial charge in [0.25, 0.3) is 5.91 Å². The molecule has 7 heteroatoms. The molecule has 30 heavy (non-hydrogen) atoms. The van der Waals surface area contributed by atoms with Crippen molar-refractivity contribution in [1.82, 2.24) is 5.32 Å². The molecule has 0 aromatic heterocycles. The second-order valence-electron chi connectivity index (χ2n) is 7.90. The summed E-state index contributed by atoms with van der Waals surface area (Å²) in [5.74, 6) is -0.436. The largest absolute Gasteiger partial charge is 0.388 e. The van der Waals surface area contributed by atoms with Crippen LogP contribution in [0.3, 0.4) is 0 Å². The summed E-state index contributed by atoms with van der Waals surface area (Å²) in [6.07, 6.45) is -3.19. The minimum atomic E-state index is -1.19. The fourth-order valence-electron chi connectivity index (χ4n) is 4.04. The molecule has 0 radical (unpaired) electrons. The van der Waals surface area contributed by atoms with Gasteiger partial charge in [0.2, 0.25) is 5.91 Å². The molecule has 2 heterocycles. The van der Waals surface area contributed by atoms with Crippen molar-refractivity contribution in [3.8, 4) is 0 Å². The van der Waals surface area contributed by atoms with Crippen molar-refractivity contribution in [2.45, 2.75) is 44.2 Å². The van der Waals surface area contributed by atoms with E-state index < -0.39 is 24.4 Å². The lowest BCUT2D eigenvalue weighted by atomic mass is 10.0. The quantitative estimate of drug-likeness (QED) is 0.688. The number of anilines is 1. The number of ether oxygens (including phenoxy) is 1. The summed E-state index contributed by atoms with van der Waals surface area (Å²) >= 11 is 0. The monoisotopic (exact) mass is 410 g/mol. The van der Waals surface area contributed by atoms with Crippen LogP contribution in [0.4, 0.5) is 5.69 Å². The molecule has 0 unspecified atom stereocenters. The molecule has 3 N–H and O–H groups in total. The number of nitrogens with one attached hydrogen (secondary N) is 1. The van der Waals surface area contributed by atoms with Crippen LogP contribution in [0.1, 0.15) is 27.9 Å². The molecule has 158 valence electrons. The van der Waals surface area contributed by atoms with Crippen LogP contribution in [0.2, 0.25) is 0 Å². The number of hydrogen-bond donors (Lipinski definition) is 3. The predicted molar refractivity (Wildman–Crippen MR) is 111 cm³/mol. The number of para-hydroxylation sites is 1. The summed E-state index contributed by atoms with van der Waals surface area (Å²) in [6, 6.07) is 14.9. The van der Waals surface area contributed by atoms with Crippen LogP contribution in [0.25, 0.3) is 0 Å². The number of rotatable bonds is 5. The Morgan fingerprint density at radius 3 is 2.53 bits per heavy atom. The highest BCUT2D eigenvalue weighted by atomic mass is 16.5. The molecule has 2 aliphatic rings. The zero-order valence-electron chi connectivity index (χ0n) is 16.8. The smallest absolute Gasteiger partial charge is 0.251 e. The minimum absolute atomic E-state index is 0.0328. The maximum Gasteiger partial charge on any atom is 0.251 e. The Kier molecular flexibility index (Phi) is 5.85. The van der Waals surface area contributed by atoms with Crippen molar-refractivity contribution in [3.05, 3.63) is 65.2 Å². The molecule has 2 aromatic rings. The lowest BCUT2D eigenvalue weighted by Gasteiger charge is -2.21. The van der Waals surface area contributed by atoms with E-state index in [0.717, 1.165) is 23.2 Å². The molecule has 7 nitrogen and oxygen atoms in total. The van der Waals surface area contributed by atoms with Crippen molar-refractivity contribution in [2.75, 3.05) is 18.0 Å². The van der Waals surface area contributed by atoms with Gasteiger partial charge in [-0.3, -0.25) is 9.59 Å². The lowest BCUT2D eigenvalue weighted by molar-refractivity contribution is -0.122. The third kappa shape index (κ3) is 4.09. The Balaban J connectivity index is 1.33. The van der Waals surface area contributed by atoms with Crippen LogP contribution in [0.5, 0.6) is 0 Å². The average Bonchev–Trinajstić information content (AvgIpc) is 3.29. The highest BCUT2D eigenvalue weighted by Gasteiger charge is 2.44. The zero-order valence-corrected chi connectivity index (χ0v) is 16.8. The number of carbonyl (C=O) groups is 2. The molecule has 2 aliphatic heterocycles. The number of aliphatic hydroxyl groups is 2. The first-order chi connectivity index (χ1) is 14.4. The molecule has 0 spiro atoms. The highest BCUT2D eigenvalue weighted by Crippen LogP contribution is 2.30. The number of hydrogen-bond acceptors (Lipinski definition) is 5. The molecular weight excluding hydrogens is 384 g/mol. The van der Waals surface area contributed by atoms with Crippen LogP contribution in [-0.2, 0) is 16.0 Å². The first kappa shape index (κ1) is 20.5. The molecule has 1 fully saturated rings. The van der Waals surface area contributed by atoms with E-state index in [4.69, 9.17) is 4.74 Å². The highest BCUT2D eigenvalue weighted by molar-refractivity contribution is 5.96. The number of nitrogens with zero attached hydrogens (tertiary/aromatic N) is 1. The number of benzene rings is 2. The van der Waals surface area contributed by atoms with Gasteiger partial charge < -0.3 is 25.2 Å². The van der Waals surface area contributed by atoms with Crippen LogP contribution in [-0.4, -0.2) is 59.5 Å². The molecule has 0 aliphatic carbocycles. The van der Waals surface area contributed by atoms with E-state index in [1.807, 2.05) is 43.3 Å². The van der Waals surface area contributed by atoms with Crippen LogP contribution in [0, 0.1) is 6.92 Å². The summed E-state index contributed by atoms with van der Waals surface area (Å²) in [5, 5.41) is 23.4. The van der Waals surface area contributed by atoms with Gasteiger partial charge in [0, 0.05) is 24.3 Å². The third-order valence-electron chi connectivity index (χ3n) is 5.80. The Labute approximate surface area is 175 Å². The van der Waals surface area contributed by atoms with Crippen molar-refractivity contribution < 1.29 is 24.5 Å². The van der Waals surface area contributed by atoms with Gasteiger partial charge in [-0.15, -0.1) is 0 Å². The Bertz CT molecular complexity index is 929. The Morgan fingerprint density at radius 1 is 1.07 bits per heavy atom. The standard InChI is InChI=1S/C23H26N2O5/c1-14-6-8-16(9-7-14)23(29)24-13-19-22(28)21(27)18(30-19)12-20(26)25-11-10-15-4-2-3-5-17(15)25/h2-9,18-19,21-22,27-28H,10-13H2,1H3,(H,24,29)/t18-,19-,21-,22+/m0/s1. The first-order valence-electron chi connectivity index (χ1n) is 10.2. The van der Waals surface area contributed by atoms with Gasteiger partial charge in [0.1, 0.15) is 18.3 Å². The molecule has 2 aromatic carbocycles. The van der Waals surface area contributed by atoms with Gasteiger partial charge in [-0.25, -0.2) is 0 Å². The molecular formula is C23H26N2O5. The summed E-state index contributed by atoms with van der Waals surface area (Å²) in [6.45, 7) is 2.58. The van der Waals surface area contributed by atoms with Gasteiger partial charge in [-0.05, 0) is 37.1 Å². The normalized spacial score (nSPS) is 25.2. The second-order valence-corrected chi connectivity index (χ2v) is 7.90. The van der Waals surface area contributed by atoms with E-state index in [-0.39, 0.29) is 24.8 Å². The fourth-order valence-corrected chi connectivity index (χ4v) is 4.04. The molecule has 4 rings (SSSR count). The Hall–Kier alpha value is -2.74. The Morgan fingerprint density at radius 2 is 1.77 bits per heavy atom. The third-order valence-corrected chi connectivity index (χ3v) is 5.80. The van der Waals surface area contributed by atoms with Crippen LogP contribution < -0.4 is 10.2 Å². The van der Waals surface area contributed by atoms with Crippen LogP contribution >= 0.6 is 0 Å². The summed E-state index contributed by atoms with van der Waals surface area (Å²) in [5.41, 5.74) is 3.57. The van der Waals surface area contributed by atoms with Gasteiger partial charge in [-0.1, -0.05) is 35.9 Å². The fraction of sp³-hybridized carbons (Fsp3) is 0.391. The predicted octanol–water partition coefficient (Wildman–Crippen LogP) is 1.19. The lowest BCUT2D eigenvalue weighted by Crippen LogP contribution is -2.40. The van der Waals surface area contributed by atoms with E-state index >= 15 is 0 Å². The molecule has 0 bridgehead atoms. The van der Waals surface area contributed by atoms with Gasteiger partial charge in [0.15, 0.2) is 0 Å². The van der Waals surface area contributed by atoms with E-state index in [1.54, 1.807) is 17.0 Å².